The normalized spacial score (nSPS) is 18.6. The van der Waals surface area contributed by atoms with Crippen molar-refractivity contribution in [3.05, 3.63) is 58.7 Å². The molecule has 1 saturated heterocycles. The summed E-state index contributed by atoms with van der Waals surface area (Å²) in [7, 11) is -2.65. The number of sulfonamides is 1. The number of ether oxygens (including phenoxy) is 1. The van der Waals surface area contributed by atoms with Gasteiger partial charge < -0.3 is 9.64 Å². The molecule has 38 heavy (non-hydrogen) atoms. The first kappa shape index (κ1) is 26.2. The summed E-state index contributed by atoms with van der Waals surface area (Å²) in [6, 6.07) is 6.59. The highest BCUT2D eigenvalue weighted by Crippen LogP contribution is 2.32. The number of nitrogens with one attached hydrogen (secondary N) is 2. The topological polar surface area (TPSA) is 113 Å². The van der Waals surface area contributed by atoms with Gasteiger partial charge in [0.2, 0.25) is 5.88 Å². The molecular formula is C24H22ClF3N6O3S. The molecule has 2 aromatic carbocycles. The van der Waals surface area contributed by atoms with E-state index in [0.717, 1.165) is 24.3 Å². The zero-order valence-corrected chi connectivity index (χ0v) is 21.7. The Hall–Kier alpha value is -3.42. The molecule has 0 aliphatic carbocycles. The van der Waals surface area contributed by atoms with Crippen LogP contribution in [-0.2, 0) is 10.0 Å². The van der Waals surface area contributed by atoms with E-state index >= 15 is 4.39 Å². The van der Waals surface area contributed by atoms with Gasteiger partial charge in [0.05, 0.1) is 11.4 Å². The van der Waals surface area contributed by atoms with Gasteiger partial charge >= 0.3 is 0 Å². The average Bonchev–Trinajstić information content (AvgIpc) is 3.24. The van der Waals surface area contributed by atoms with Crippen molar-refractivity contribution in [1.82, 2.24) is 25.1 Å². The van der Waals surface area contributed by atoms with E-state index in [-0.39, 0.29) is 28.8 Å². The summed E-state index contributed by atoms with van der Waals surface area (Å²) in [6.07, 6.45) is -1.51. The fourth-order valence-corrected chi connectivity index (χ4v) is 5.59. The van der Waals surface area contributed by atoms with Crippen molar-refractivity contribution >= 4 is 38.3 Å². The van der Waals surface area contributed by atoms with Crippen molar-refractivity contribution in [2.75, 3.05) is 24.9 Å². The third kappa shape index (κ3) is 5.13. The first-order chi connectivity index (χ1) is 18.0. The Morgan fingerprint density at radius 2 is 1.95 bits per heavy atom. The van der Waals surface area contributed by atoms with Crippen molar-refractivity contribution in [3.63, 3.8) is 0 Å². The number of anilines is 1. The molecule has 2 N–H and O–H groups in total. The SMILES string of the molecule is Cc1n[nH]c2nc(-c3ccc(NS(=O)(=O)c4cc(Cl)ccc4F)c(F)c3)nc(O[C@@H]3CCN(C)C[C@@H]3F)c12. The van der Waals surface area contributed by atoms with Crippen LogP contribution in [0.1, 0.15) is 12.1 Å². The average molecular weight is 567 g/mol. The molecule has 1 aliphatic rings. The van der Waals surface area contributed by atoms with E-state index in [4.69, 9.17) is 16.3 Å². The number of aryl methyl sites for hydroxylation is 1. The van der Waals surface area contributed by atoms with Gasteiger partial charge in [-0.1, -0.05) is 11.6 Å². The number of alkyl halides is 1. The lowest BCUT2D eigenvalue weighted by Crippen LogP contribution is -2.45. The molecule has 1 fully saturated rings. The van der Waals surface area contributed by atoms with Crippen LogP contribution in [0, 0.1) is 18.6 Å². The molecule has 14 heteroatoms. The molecule has 2 atom stereocenters. The number of rotatable bonds is 6. The van der Waals surface area contributed by atoms with Gasteiger partial charge in [0.15, 0.2) is 11.5 Å². The zero-order chi connectivity index (χ0) is 27.2. The maximum absolute atomic E-state index is 15.0. The molecule has 0 bridgehead atoms. The van der Waals surface area contributed by atoms with E-state index in [2.05, 4.69) is 20.2 Å². The maximum Gasteiger partial charge on any atom is 0.264 e. The number of likely N-dealkylation sites (tertiary alicyclic amines) is 1. The van der Waals surface area contributed by atoms with Gasteiger partial charge in [0.25, 0.3) is 10.0 Å². The molecule has 3 heterocycles. The van der Waals surface area contributed by atoms with Crippen LogP contribution < -0.4 is 9.46 Å². The molecule has 5 rings (SSSR count). The van der Waals surface area contributed by atoms with Crippen LogP contribution in [0.3, 0.4) is 0 Å². The number of H-pyrrole nitrogens is 1. The molecule has 9 nitrogen and oxygen atoms in total. The van der Waals surface area contributed by atoms with E-state index in [1.54, 1.807) is 6.92 Å². The van der Waals surface area contributed by atoms with Crippen molar-refractivity contribution in [1.29, 1.82) is 0 Å². The number of halogens is 4. The Labute approximate surface area is 221 Å². The predicted molar refractivity (Wildman–Crippen MR) is 135 cm³/mol. The Balaban J connectivity index is 1.47. The third-order valence-electron chi connectivity index (χ3n) is 6.17. The van der Waals surface area contributed by atoms with Gasteiger partial charge in [-0.15, -0.1) is 0 Å². The molecule has 0 unspecified atom stereocenters. The molecule has 0 spiro atoms. The molecule has 1 aliphatic heterocycles. The summed E-state index contributed by atoms with van der Waals surface area (Å²) in [6.45, 7) is 2.59. The van der Waals surface area contributed by atoms with Crippen LogP contribution in [0.15, 0.2) is 41.3 Å². The standard InChI is InChI=1S/C24H22ClF3N6O3S/c1-12-21-23(32-31-12)29-22(30-24(21)37-19-7-8-34(2)11-17(19)28)13-3-6-18(16(27)9-13)33-38(35,36)20-10-14(25)4-5-15(20)26/h3-6,9-10,17,19,33H,7-8,11H2,1-2H3,(H,29,30,31,32)/t17-,19+/m0/s1. The number of nitrogens with zero attached hydrogens (tertiary/aromatic N) is 4. The predicted octanol–water partition coefficient (Wildman–Crippen LogP) is 4.48. The van der Waals surface area contributed by atoms with Crippen LogP contribution in [0.25, 0.3) is 22.4 Å². The maximum atomic E-state index is 15.0. The highest BCUT2D eigenvalue weighted by Gasteiger charge is 2.31. The molecule has 0 saturated carbocycles. The van der Waals surface area contributed by atoms with Gasteiger partial charge in [0, 0.05) is 23.7 Å². The number of benzene rings is 2. The van der Waals surface area contributed by atoms with Crippen LogP contribution in [0.5, 0.6) is 5.88 Å². The summed E-state index contributed by atoms with van der Waals surface area (Å²) in [5.74, 6) is -1.84. The number of aromatic amines is 1. The van der Waals surface area contributed by atoms with Gasteiger partial charge in [-0.2, -0.15) is 10.1 Å². The van der Waals surface area contributed by atoms with Crippen LogP contribution in [-0.4, -0.2) is 65.9 Å². The van der Waals surface area contributed by atoms with Gasteiger partial charge in [-0.25, -0.2) is 26.6 Å². The molecule has 0 amide bonds. The molecule has 0 radical (unpaired) electrons. The van der Waals surface area contributed by atoms with Crippen LogP contribution in [0.2, 0.25) is 5.02 Å². The zero-order valence-electron chi connectivity index (χ0n) is 20.2. The largest absolute Gasteiger partial charge is 0.471 e. The van der Waals surface area contributed by atoms with Crippen molar-refractivity contribution in [2.24, 2.45) is 0 Å². The second-order valence-corrected chi connectivity index (χ2v) is 11.1. The smallest absolute Gasteiger partial charge is 0.264 e. The minimum atomic E-state index is -4.48. The molecular weight excluding hydrogens is 545 g/mol. The van der Waals surface area contributed by atoms with Crippen LogP contribution in [0.4, 0.5) is 18.9 Å². The lowest BCUT2D eigenvalue weighted by Gasteiger charge is -2.32. The quantitative estimate of drug-likeness (QED) is 0.354. The molecule has 2 aromatic heterocycles. The Morgan fingerprint density at radius 1 is 1.16 bits per heavy atom. The molecule has 4 aromatic rings. The summed E-state index contributed by atoms with van der Waals surface area (Å²) in [4.78, 5) is 9.95. The van der Waals surface area contributed by atoms with E-state index in [9.17, 15) is 17.2 Å². The van der Waals surface area contributed by atoms with Crippen molar-refractivity contribution in [3.8, 4) is 17.3 Å². The Bertz CT molecular complexity index is 1630. The first-order valence-corrected chi connectivity index (χ1v) is 13.4. The van der Waals surface area contributed by atoms with E-state index < -0.39 is 44.5 Å². The van der Waals surface area contributed by atoms with Crippen molar-refractivity contribution in [2.45, 2.75) is 30.5 Å². The monoisotopic (exact) mass is 566 g/mol. The van der Waals surface area contributed by atoms with E-state index in [0.29, 0.717) is 29.7 Å². The Kier molecular flexibility index (Phi) is 6.92. The number of hydrogen-bond acceptors (Lipinski definition) is 7. The van der Waals surface area contributed by atoms with Crippen molar-refractivity contribution < 1.29 is 26.3 Å². The number of hydrogen-bond donors (Lipinski definition) is 2. The van der Waals surface area contributed by atoms with Gasteiger partial charge in [-0.3, -0.25) is 9.82 Å². The van der Waals surface area contributed by atoms with Crippen LogP contribution >= 0.6 is 11.6 Å². The van der Waals surface area contributed by atoms with Gasteiger partial charge in [0.1, 0.15) is 34.2 Å². The fourth-order valence-electron chi connectivity index (χ4n) is 4.19. The molecule has 200 valence electrons. The minimum Gasteiger partial charge on any atom is -0.471 e. The highest BCUT2D eigenvalue weighted by molar-refractivity contribution is 7.92. The summed E-state index contributed by atoms with van der Waals surface area (Å²) in [5.41, 5.74) is 0.634. The number of piperidine rings is 1. The number of aromatic nitrogens is 4. The lowest BCUT2D eigenvalue weighted by molar-refractivity contribution is 0.0296. The second kappa shape index (κ2) is 10.0. The Morgan fingerprint density at radius 3 is 2.68 bits per heavy atom. The summed E-state index contributed by atoms with van der Waals surface area (Å²) >= 11 is 5.79. The summed E-state index contributed by atoms with van der Waals surface area (Å²) in [5, 5.41) is 7.37. The lowest BCUT2D eigenvalue weighted by atomic mass is 10.1. The number of fused-ring (bicyclic) bond motifs is 1. The first-order valence-electron chi connectivity index (χ1n) is 11.5. The fraction of sp³-hybridized carbons (Fsp3) is 0.292. The van der Waals surface area contributed by atoms with Gasteiger partial charge in [-0.05, 0) is 56.8 Å². The third-order valence-corrected chi connectivity index (χ3v) is 7.78. The second-order valence-electron chi connectivity index (χ2n) is 8.98. The highest BCUT2D eigenvalue weighted by atomic mass is 35.5. The van der Waals surface area contributed by atoms with E-state index in [1.807, 2.05) is 16.7 Å². The minimum absolute atomic E-state index is 0.00142. The summed E-state index contributed by atoms with van der Waals surface area (Å²) < 4.78 is 77.1. The van der Waals surface area contributed by atoms with E-state index in [1.165, 1.54) is 12.1 Å².